The SMILES string of the molecule is Cc1c(C)c(C)c(S(=O)(=O)NCCn2cc(CCCCCc3cn(C(=O)OC(C)(C)C)c(N)n3)nn2)c(C)c1C. The number of imidazole rings is 1. The molecule has 12 heteroatoms. The van der Waals surface area contributed by atoms with Crippen LogP contribution in [0.1, 0.15) is 79.2 Å². The summed E-state index contributed by atoms with van der Waals surface area (Å²) in [6.45, 7) is 15.7. The molecule has 0 aliphatic heterocycles. The standard InChI is InChI=1S/C28H43N7O4S/c1-18-19(2)21(4)25(22(5)20(18)3)40(37,38)30-14-15-34-16-24(32-33-34)13-11-9-10-12-23-17-35(26(29)31-23)27(36)39-28(6,7)8/h16-17,30H,9-15H2,1-8H3,(H2,29,31). The van der Waals surface area contributed by atoms with E-state index in [1.165, 1.54) is 4.57 Å². The minimum atomic E-state index is -3.66. The van der Waals surface area contributed by atoms with Crippen molar-refractivity contribution in [3.05, 3.63) is 51.6 Å². The van der Waals surface area contributed by atoms with E-state index in [0.717, 1.165) is 64.9 Å². The van der Waals surface area contributed by atoms with Crippen molar-refractivity contribution in [2.75, 3.05) is 12.3 Å². The van der Waals surface area contributed by atoms with Gasteiger partial charge in [0, 0.05) is 18.9 Å². The number of benzene rings is 1. The number of hydrogen-bond acceptors (Lipinski definition) is 8. The van der Waals surface area contributed by atoms with Gasteiger partial charge in [0.1, 0.15) is 5.60 Å². The average molecular weight is 574 g/mol. The molecular weight excluding hydrogens is 530 g/mol. The van der Waals surface area contributed by atoms with E-state index in [-0.39, 0.29) is 12.5 Å². The first kappa shape index (κ1) is 31.3. The van der Waals surface area contributed by atoms with E-state index in [9.17, 15) is 13.2 Å². The Kier molecular flexibility index (Phi) is 9.78. The monoisotopic (exact) mass is 573 g/mol. The quantitative estimate of drug-likeness (QED) is 0.323. The summed E-state index contributed by atoms with van der Waals surface area (Å²) in [5.41, 5.74) is 11.6. The highest BCUT2D eigenvalue weighted by molar-refractivity contribution is 7.89. The largest absolute Gasteiger partial charge is 0.443 e. The topological polar surface area (TPSA) is 147 Å². The number of anilines is 1. The number of aryl methyl sites for hydroxylation is 2. The van der Waals surface area contributed by atoms with Crippen molar-refractivity contribution < 1.29 is 17.9 Å². The molecule has 0 atom stereocenters. The van der Waals surface area contributed by atoms with E-state index < -0.39 is 21.7 Å². The fourth-order valence-corrected chi connectivity index (χ4v) is 6.23. The Morgan fingerprint density at radius 1 is 0.925 bits per heavy atom. The van der Waals surface area contributed by atoms with Crippen molar-refractivity contribution in [3.8, 4) is 0 Å². The van der Waals surface area contributed by atoms with Crippen LogP contribution in [0.2, 0.25) is 0 Å². The molecule has 0 radical (unpaired) electrons. The van der Waals surface area contributed by atoms with Crippen LogP contribution in [0.15, 0.2) is 17.3 Å². The van der Waals surface area contributed by atoms with Gasteiger partial charge >= 0.3 is 6.09 Å². The van der Waals surface area contributed by atoms with Crippen LogP contribution in [-0.2, 0) is 34.1 Å². The van der Waals surface area contributed by atoms with Crippen molar-refractivity contribution in [1.29, 1.82) is 0 Å². The average Bonchev–Trinajstić information content (AvgIpc) is 3.46. The number of carbonyl (C=O) groups is 1. The maximum atomic E-state index is 13.1. The van der Waals surface area contributed by atoms with E-state index in [0.29, 0.717) is 17.9 Å². The Morgan fingerprint density at radius 3 is 2.10 bits per heavy atom. The minimum absolute atomic E-state index is 0.123. The van der Waals surface area contributed by atoms with Gasteiger partial charge in [-0.05, 0) is 109 Å². The number of aromatic nitrogens is 5. The Balaban J connectivity index is 1.44. The summed E-state index contributed by atoms with van der Waals surface area (Å²) in [4.78, 5) is 16.9. The molecule has 0 aliphatic carbocycles. The second-order valence-corrected chi connectivity index (χ2v) is 13.0. The van der Waals surface area contributed by atoms with Gasteiger partial charge in [-0.1, -0.05) is 11.6 Å². The van der Waals surface area contributed by atoms with Crippen molar-refractivity contribution in [1.82, 2.24) is 29.3 Å². The summed E-state index contributed by atoms with van der Waals surface area (Å²) < 4.78 is 37.2. The first-order chi connectivity index (χ1) is 18.6. The lowest BCUT2D eigenvalue weighted by Gasteiger charge is -2.19. The zero-order valence-electron chi connectivity index (χ0n) is 25.0. The summed E-state index contributed by atoms with van der Waals surface area (Å²) in [6, 6.07) is 0. The second-order valence-electron chi connectivity index (χ2n) is 11.3. The molecule has 1 aromatic carbocycles. The Morgan fingerprint density at radius 2 is 1.50 bits per heavy atom. The number of carbonyl (C=O) groups excluding carboxylic acids is 1. The molecule has 3 N–H and O–H groups in total. The number of sulfonamides is 1. The van der Waals surface area contributed by atoms with Gasteiger partial charge in [-0.15, -0.1) is 5.10 Å². The lowest BCUT2D eigenvalue weighted by Crippen LogP contribution is -2.29. The summed E-state index contributed by atoms with van der Waals surface area (Å²) in [5.74, 6) is 0.123. The Hall–Kier alpha value is -3.25. The van der Waals surface area contributed by atoms with Crippen LogP contribution in [0.3, 0.4) is 0 Å². The van der Waals surface area contributed by atoms with E-state index in [1.807, 2.05) is 40.8 Å². The number of hydrogen-bond donors (Lipinski definition) is 2. The van der Waals surface area contributed by atoms with Crippen molar-refractivity contribution >= 4 is 22.1 Å². The maximum Gasteiger partial charge on any atom is 0.421 e. The van der Waals surface area contributed by atoms with Gasteiger partial charge in [0.25, 0.3) is 0 Å². The fourth-order valence-electron chi connectivity index (χ4n) is 4.61. The van der Waals surface area contributed by atoms with Crippen LogP contribution in [0.5, 0.6) is 0 Å². The molecule has 0 fully saturated rings. The van der Waals surface area contributed by atoms with Gasteiger partial charge in [-0.2, -0.15) is 0 Å². The second kappa shape index (κ2) is 12.5. The number of nitrogens with zero attached hydrogens (tertiary/aromatic N) is 5. The first-order valence-electron chi connectivity index (χ1n) is 13.6. The molecular formula is C28H43N7O4S. The predicted molar refractivity (Wildman–Crippen MR) is 155 cm³/mol. The highest BCUT2D eigenvalue weighted by Gasteiger charge is 2.23. The van der Waals surface area contributed by atoms with E-state index >= 15 is 0 Å². The van der Waals surface area contributed by atoms with Gasteiger partial charge in [0.2, 0.25) is 16.0 Å². The third-order valence-electron chi connectivity index (χ3n) is 7.16. The molecule has 0 bridgehead atoms. The number of unbranched alkanes of at least 4 members (excludes halogenated alkanes) is 2. The third kappa shape index (κ3) is 7.69. The molecule has 0 aliphatic rings. The summed E-state index contributed by atoms with van der Waals surface area (Å²) >= 11 is 0. The Bertz CT molecular complexity index is 1440. The highest BCUT2D eigenvalue weighted by Crippen LogP contribution is 2.29. The maximum absolute atomic E-state index is 13.1. The fraction of sp³-hybridized carbons (Fsp3) is 0.571. The van der Waals surface area contributed by atoms with Gasteiger partial charge < -0.3 is 10.5 Å². The van der Waals surface area contributed by atoms with Gasteiger partial charge in [-0.25, -0.2) is 27.5 Å². The molecule has 40 heavy (non-hydrogen) atoms. The molecule has 0 unspecified atom stereocenters. The lowest BCUT2D eigenvalue weighted by atomic mass is 9.95. The van der Waals surface area contributed by atoms with Crippen LogP contribution in [-0.4, -0.2) is 51.2 Å². The first-order valence-corrected chi connectivity index (χ1v) is 15.1. The van der Waals surface area contributed by atoms with E-state index in [4.69, 9.17) is 10.5 Å². The number of rotatable bonds is 11. The van der Waals surface area contributed by atoms with Crippen molar-refractivity contribution in [3.63, 3.8) is 0 Å². The molecule has 0 spiro atoms. The number of nitrogen functional groups attached to an aromatic ring is 1. The molecule has 0 saturated carbocycles. The van der Waals surface area contributed by atoms with Gasteiger partial charge in [0.15, 0.2) is 0 Å². The van der Waals surface area contributed by atoms with E-state index in [2.05, 4.69) is 20.0 Å². The number of nitrogens with two attached hydrogens (primary N) is 1. The lowest BCUT2D eigenvalue weighted by molar-refractivity contribution is 0.0540. The summed E-state index contributed by atoms with van der Waals surface area (Å²) in [6.07, 6.45) is 7.16. The van der Waals surface area contributed by atoms with Crippen molar-refractivity contribution in [2.45, 2.75) is 105 Å². The van der Waals surface area contributed by atoms with Crippen LogP contribution >= 0.6 is 0 Å². The van der Waals surface area contributed by atoms with Gasteiger partial charge in [0.05, 0.1) is 22.8 Å². The number of ether oxygens (including phenoxy) is 1. The minimum Gasteiger partial charge on any atom is -0.443 e. The van der Waals surface area contributed by atoms with Crippen LogP contribution in [0.4, 0.5) is 10.7 Å². The smallest absolute Gasteiger partial charge is 0.421 e. The van der Waals surface area contributed by atoms with Crippen LogP contribution < -0.4 is 10.5 Å². The van der Waals surface area contributed by atoms with Crippen LogP contribution in [0, 0.1) is 34.6 Å². The predicted octanol–water partition coefficient (Wildman–Crippen LogP) is 4.32. The zero-order valence-corrected chi connectivity index (χ0v) is 25.8. The molecule has 220 valence electrons. The number of nitrogens with one attached hydrogen (secondary N) is 1. The molecule has 2 aromatic heterocycles. The van der Waals surface area contributed by atoms with E-state index in [1.54, 1.807) is 31.6 Å². The van der Waals surface area contributed by atoms with Crippen molar-refractivity contribution in [2.24, 2.45) is 0 Å². The summed E-state index contributed by atoms with van der Waals surface area (Å²) in [5, 5.41) is 8.37. The Labute approximate surface area is 237 Å². The molecule has 2 heterocycles. The van der Waals surface area contributed by atoms with Crippen LogP contribution in [0.25, 0.3) is 0 Å². The normalized spacial score (nSPS) is 12.2. The molecule has 0 amide bonds. The van der Waals surface area contributed by atoms with Gasteiger partial charge in [-0.3, -0.25) is 4.68 Å². The zero-order chi connectivity index (χ0) is 29.8. The summed E-state index contributed by atoms with van der Waals surface area (Å²) in [7, 11) is -3.66. The third-order valence-corrected chi connectivity index (χ3v) is 8.89. The molecule has 3 rings (SSSR count). The molecule has 11 nitrogen and oxygen atoms in total. The molecule has 3 aromatic rings. The highest BCUT2D eigenvalue weighted by atomic mass is 32.2. The molecule has 0 saturated heterocycles.